The van der Waals surface area contributed by atoms with Gasteiger partial charge in [0.1, 0.15) is 10.6 Å². The maximum Gasteiger partial charge on any atom is 0.328 e. The van der Waals surface area contributed by atoms with Gasteiger partial charge in [0.15, 0.2) is 0 Å². The van der Waals surface area contributed by atoms with Crippen molar-refractivity contribution in [1.82, 2.24) is 15.4 Å². The van der Waals surface area contributed by atoms with Crippen LogP contribution in [0, 0.1) is 0 Å². The molecule has 0 saturated heterocycles. The van der Waals surface area contributed by atoms with Gasteiger partial charge in [0.05, 0.1) is 18.6 Å². The minimum absolute atomic E-state index is 0.0241. The van der Waals surface area contributed by atoms with Crippen molar-refractivity contribution >= 4 is 33.3 Å². The summed E-state index contributed by atoms with van der Waals surface area (Å²) in [4.78, 5) is 24.9. The normalized spacial score (nSPS) is 11.6. The number of benzene rings is 1. The number of ether oxygens (including phenoxy) is 1. The van der Waals surface area contributed by atoms with Gasteiger partial charge in [-0.2, -0.15) is 0 Å². The monoisotopic (exact) mass is 439 g/mol. The van der Waals surface area contributed by atoms with Crippen molar-refractivity contribution < 1.29 is 22.7 Å². The fraction of sp³-hybridized carbons (Fsp3) is 0.368. The molecule has 0 saturated carbocycles. The minimum atomic E-state index is -4.17. The molecule has 0 aliphatic heterocycles. The number of urea groups is 1. The summed E-state index contributed by atoms with van der Waals surface area (Å²) in [5.41, 5.74) is -0.0724. The molecular formula is C19H25N3O5S2. The zero-order chi connectivity index (χ0) is 21.7. The lowest BCUT2D eigenvalue weighted by Gasteiger charge is -2.25. The number of carbonyl (C=O) groups is 2. The third-order valence-electron chi connectivity index (χ3n) is 4.01. The molecule has 2 aromatic rings. The van der Waals surface area contributed by atoms with Crippen LogP contribution in [0.2, 0.25) is 0 Å². The Morgan fingerprint density at radius 3 is 2.52 bits per heavy atom. The lowest BCUT2D eigenvalue weighted by molar-refractivity contribution is -0.122. The van der Waals surface area contributed by atoms with Gasteiger partial charge in [-0.1, -0.05) is 12.1 Å². The summed E-state index contributed by atoms with van der Waals surface area (Å²) in [7, 11) is -2.86. The average molecular weight is 440 g/mol. The summed E-state index contributed by atoms with van der Waals surface area (Å²) in [5, 5.41) is 7.09. The highest BCUT2D eigenvalue weighted by molar-refractivity contribution is 7.90. The topological polar surface area (TPSA) is 114 Å². The third kappa shape index (κ3) is 5.94. The molecule has 29 heavy (non-hydrogen) atoms. The van der Waals surface area contributed by atoms with Gasteiger partial charge in [0.2, 0.25) is 5.91 Å². The molecule has 0 bridgehead atoms. The molecule has 3 amide bonds. The fourth-order valence-corrected chi connectivity index (χ4v) is 4.61. The second kappa shape index (κ2) is 9.27. The number of rotatable bonds is 8. The van der Waals surface area contributed by atoms with Gasteiger partial charge in [0.25, 0.3) is 10.0 Å². The Balaban J connectivity index is 2.25. The molecule has 0 aliphatic carbocycles. The first-order chi connectivity index (χ1) is 13.6. The molecular weight excluding hydrogens is 414 g/mol. The molecule has 0 radical (unpaired) electrons. The predicted molar refractivity (Wildman–Crippen MR) is 112 cm³/mol. The Morgan fingerprint density at radius 2 is 1.93 bits per heavy atom. The van der Waals surface area contributed by atoms with E-state index in [2.05, 4.69) is 10.6 Å². The summed E-state index contributed by atoms with van der Waals surface area (Å²) in [6, 6.07) is 7.44. The minimum Gasteiger partial charge on any atom is -0.492 e. The summed E-state index contributed by atoms with van der Waals surface area (Å²) in [6.07, 6.45) is -0.0241. The second-order valence-electron chi connectivity index (χ2n) is 6.73. The van der Waals surface area contributed by atoms with Gasteiger partial charge in [-0.05, 0) is 49.9 Å². The summed E-state index contributed by atoms with van der Waals surface area (Å²) >= 11 is 1.54. The van der Waals surface area contributed by atoms with Crippen LogP contribution >= 0.6 is 11.3 Å². The molecule has 0 atom stereocenters. The van der Waals surface area contributed by atoms with E-state index in [1.54, 1.807) is 24.3 Å². The Bertz CT molecular complexity index is 970. The first-order valence-corrected chi connectivity index (χ1v) is 11.3. The van der Waals surface area contributed by atoms with E-state index in [1.807, 2.05) is 36.1 Å². The quantitative estimate of drug-likeness (QED) is 0.584. The van der Waals surface area contributed by atoms with Crippen LogP contribution in [0.3, 0.4) is 0 Å². The lowest BCUT2D eigenvalue weighted by atomic mass is 10.0. The van der Waals surface area contributed by atoms with Crippen LogP contribution in [-0.2, 0) is 26.8 Å². The highest BCUT2D eigenvalue weighted by Crippen LogP contribution is 2.27. The van der Waals surface area contributed by atoms with Crippen molar-refractivity contribution in [3.63, 3.8) is 0 Å². The molecule has 1 aromatic carbocycles. The van der Waals surface area contributed by atoms with Gasteiger partial charge < -0.3 is 15.4 Å². The van der Waals surface area contributed by atoms with Crippen molar-refractivity contribution in [3.8, 4) is 5.75 Å². The highest BCUT2D eigenvalue weighted by Gasteiger charge is 2.26. The first-order valence-electron chi connectivity index (χ1n) is 8.94. The average Bonchev–Trinajstić information content (AvgIpc) is 3.18. The number of thiophene rings is 1. The molecule has 0 unspecified atom stereocenters. The van der Waals surface area contributed by atoms with E-state index in [1.165, 1.54) is 19.2 Å². The smallest absolute Gasteiger partial charge is 0.328 e. The maximum atomic E-state index is 12.6. The van der Waals surface area contributed by atoms with Crippen molar-refractivity contribution in [1.29, 1.82) is 0 Å². The summed E-state index contributed by atoms with van der Waals surface area (Å²) in [5.74, 6) is -0.151. The van der Waals surface area contributed by atoms with Crippen LogP contribution in [0.5, 0.6) is 5.75 Å². The van der Waals surface area contributed by atoms with Crippen LogP contribution in [0.4, 0.5) is 4.79 Å². The molecule has 10 heteroatoms. The van der Waals surface area contributed by atoms with E-state index in [0.29, 0.717) is 5.56 Å². The number of sulfonamides is 1. The van der Waals surface area contributed by atoms with E-state index in [4.69, 9.17) is 4.74 Å². The first kappa shape index (κ1) is 22.7. The Hall–Kier alpha value is -2.59. The van der Waals surface area contributed by atoms with Crippen LogP contribution in [0.25, 0.3) is 0 Å². The zero-order valence-corrected chi connectivity index (χ0v) is 18.4. The van der Waals surface area contributed by atoms with Gasteiger partial charge in [-0.25, -0.2) is 17.9 Å². The maximum absolute atomic E-state index is 12.6. The number of hydrogen-bond acceptors (Lipinski definition) is 6. The largest absolute Gasteiger partial charge is 0.492 e. The van der Waals surface area contributed by atoms with E-state index in [0.717, 1.165) is 4.88 Å². The van der Waals surface area contributed by atoms with Crippen LogP contribution in [0.1, 0.15) is 31.2 Å². The van der Waals surface area contributed by atoms with E-state index < -0.39 is 21.6 Å². The van der Waals surface area contributed by atoms with Gasteiger partial charge in [0, 0.05) is 11.9 Å². The molecule has 1 heterocycles. The summed E-state index contributed by atoms with van der Waals surface area (Å²) in [6.45, 7) is 5.77. The molecule has 2 rings (SSSR count). The van der Waals surface area contributed by atoms with Crippen LogP contribution in [0.15, 0.2) is 40.6 Å². The molecule has 0 aliphatic rings. The summed E-state index contributed by atoms with van der Waals surface area (Å²) < 4.78 is 32.4. The molecule has 0 fully saturated rings. The highest BCUT2D eigenvalue weighted by atomic mass is 32.2. The van der Waals surface area contributed by atoms with Gasteiger partial charge >= 0.3 is 6.03 Å². The van der Waals surface area contributed by atoms with E-state index in [9.17, 15) is 18.0 Å². The van der Waals surface area contributed by atoms with Crippen molar-refractivity contribution in [3.05, 3.63) is 46.2 Å². The predicted octanol–water partition coefficient (Wildman–Crippen LogP) is 2.36. The standard InChI is InChI=1S/C19H25N3O5S2/c1-5-27-14-9-8-13(11-15(14)29(25,26)22-18(24)20-4)12-17(23)21-19(2,3)16-7-6-10-28-16/h6-11H,5,12H2,1-4H3,(H,21,23)(H2,20,22,24). The van der Waals surface area contributed by atoms with Gasteiger partial charge in [-0.3, -0.25) is 4.79 Å². The van der Waals surface area contributed by atoms with E-state index in [-0.39, 0.29) is 29.6 Å². The van der Waals surface area contributed by atoms with Crippen molar-refractivity contribution in [2.24, 2.45) is 0 Å². The SMILES string of the molecule is CCOc1ccc(CC(=O)NC(C)(C)c2cccs2)cc1S(=O)(=O)NC(=O)NC. The number of hydrogen-bond donors (Lipinski definition) is 3. The van der Waals surface area contributed by atoms with Crippen LogP contribution in [-0.4, -0.2) is 34.0 Å². The number of amides is 3. The fourth-order valence-electron chi connectivity index (χ4n) is 2.65. The zero-order valence-electron chi connectivity index (χ0n) is 16.7. The third-order valence-corrected chi connectivity index (χ3v) is 6.55. The molecule has 0 spiro atoms. The molecule has 8 nitrogen and oxygen atoms in total. The Kier molecular flexibility index (Phi) is 7.26. The van der Waals surface area contributed by atoms with Gasteiger partial charge in [-0.15, -0.1) is 11.3 Å². The number of carbonyl (C=O) groups excluding carboxylic acids is 2. The van der Waals surface area contributed by atoms with Crippen molar-refractivity contribution in [2.75, 3.05) is 13.7 Å². The second-order valence-corrected chi connectivity index (χ2v) is 9.32. The number of nitrogens with one attached hydrogen (secondary N) is 3. The Morgan fingerprint density at radius 1 is 1.21 bits per heavy atom. The van der Waals surface area contributed by atoms with E-state index >= 15 is 0 Å². The molecule has 1 aromatic heterocycles. The Labute approximate surface area is 174 Å². The van der Waals surface area contributed by atoms with Crippen LogP contribution < -0.4 is 20.1 Å². The van der Waals surface area contributed by atoms with Crippen molar-refractivity contribution in [2.45, 2.75) is 37.6 Å². The molecule has 158 valence electrons. The molecule has 3 N–H and O–H groups in total. The lowest BCUT2D eigenvalue weighted by Crippen LogP contribution is -2.41.